The fourth-order valence-corrected chi connectivity index (χ4v) is 1.34. The molecule has 86 valence electrons. The summed E-state index contributed by atoms with van der Waals surface area (Å²) in [5.41, 5.74) is -0.561. The molecule has 0 rings (SSSR count). The van der Waals surface area contributed by atoms with E-state index in [4.69, 9.17) is 39.9 Å². The number of hydrogen-bond donors (Lipinski definition) is 2. The number of rotatable bonds is 5. The van der Waals surface area contributed by atoms with Crippen LogP contribution in [0.2, 0.25) is 0 Å². The molecule has 0 radical (unpaired) electrons. The largest absolute Gasteiger partial charge is 0.395 e. The fraction of sp³-hybridized carbons (Fsp3) is 0.333. The second kappa shape index (κ2) is 7.29. The van der Waals surface area contributed by atoms with Crippen molar-refractivity contribution in [3.8, 4) is 0 Å². The minimum Gasteiger partial charge on any atom is -0.395 e. The number of nitrogens with one attached hydrogen (secondary N) is 1. The van der Waals surface area contributed by atoms with Crippen LogP contribution in [0.1, 0.15) is 0 Å². The van der Waals surface area contributed by atoms with Crippen LogP contribution < -0.4 is 5.32 Å². The first-order chi connectivity index (χ1) is 6.91. The van der Waals surface area contributed by atoms with E-state index in [0.717, 1.165) is 0 Å². The zero-order chi connectivity index (χ0) is 12.0. The Kier molecular flexibility index (Phi) is 7.29. The number of aliphatic hydroxyl groups excluding tert-OH is 1. The second-order valence-electron chi connectivity index (χ2n) is 2.14. The predicted octanol–water partition coefficient (Wildman–Crippen LogP) is 2.29. The van der Waals surface area contributed by atoms with Gasteiger partial charge in [0.1, 0.15) is 8.97 Å². The molecule has 2 N–H and O–H groups in total. The molecule has 0 aromatic rings. The molecule has 0 aliphatic carbocycles. The van der Waals surface area contributed by atoms with E-state index in [9.17, 15) is 10.1 Å². The van der Waals surface area contributed by atoms with Crippen molar-refractivity contribution < 1.29 is 10.0 Å². The molecule has 0 bridgehead atoms. The third-order valence-corrected chi connectivity index (χ3v) is 2.75. The monoisotopic (exact) mass is 338 g/mol. The topological polar surface area (TPSA) is 75.4 Å². The summed E-state index contributed by atoms with van der Waals surface area (Å²) in [5.74, 6) is 0. The Bertz CT molecular complexity index is 315. The zero-order valence-corrected chi connectivity index (χ0v) is 11.0. The molecule has 0 aliphatic rings. The van der Waals surface area contributed by atoms with Crippen LogP contribution in [-0.2, 0) is 0 Å². The van der Waals surface area contributed by atoms with Crippen LogP contribution in [0.4, 0.5) is 0 Å². The molecule has 5 nitrogen and oxygen atoms in total. The summed E-state index contributed by atoms with van der Waals surface area (Å²) in [5, 5.41) is 20.9. The van der Waals surface area contributed by atoms with Gasteiger partial charge in [0.2, 0.25) is 0 Å². The Hall–Kier alpha value is -0.0100. The Balaban J connectivity index is 5.12. The van der Waals surface area contributed by atoms with E-state index >= 15 is 0 Å². The minimum atomic E-state index is -0.779. The summed E-state index contributed by atoms with van der Waals surface area (Å²) in [6.07, 6.45) is 0. The van der Waals surface area contributed by atoms with Gasteiger partial charge in [0.25, 0.3) is 0 Å². The van der Waals surface area contributed by atoms with Gasteiger partial charge in [-0.15, -0.1) is 0 Å². The first kappa shape index (κ1) is 15.0. The van der Waals surface area contributed by atoms with E-state index in [-0.39, 0.29) is 27.3 Å². The summed E-state index contributed by atoms with van der Waals surface area (Å²) in [6.45, 7) is -0.148. The third kappa shape index (κ3) is 5.03. The van der Waals surface area contributed by atoms with Crippen molar-refractivity contribution in [2.75, 3.05) is 13.2 Å². The Morgan fingerprint density at radius 1 is 1.47 bits per heavy atom. The first-order valence-electron chi connectivity index (χ1n) is 3.51. The van der Waals surface area contributed by atoms with Crippen LogP contribution in [-0.4, -0.2) is 23.2 Å². The molecule has 0 heterocycles. The average molecular weight is 340 g/mol. The fourth-order valence-electron chi connectivity index (χ4n) is 0.596. The molecule has 0 unspecified atom stereocenters. The Morgan fingerprint density at radius 3 is 2.33 bits per heavy atom. The highest BCUT2D eigenvalue weighted by atomic mass is 79.9. The molecular formula is C6H6BrCl3N2O3. The SMILES string of the molecule is O=[N+]([O-])C(=C(\Cl)NCCO)/C(Cl)=C(/Cl)Br. The molecule has 0 saturated heterocycles. The molecule has 9 heteroatoms. The van der Waals surface area contributed by atoms with E-state index < -0.39 is 10.6 Å². The lowest BCUT2D eigenvalue weighted by molar-refractivity contribution is -0.420. The molecule has 0 amide bonds. The molecule has 0 fully saturated rings. The van der Waals surface area contributed by atoms with Crippen molar-refractivity contribution in [1.29, 1.82) is 0 Å². The highest BCUT2D eigenvalue weighted by Gasteiger charge is 2.23. The van der Waals surface area contributed by atoms with Crippen molar-refractivity contribution in [3.63, 3.8) is 0 Å². The molecule has 0 atom stereocenters. The average Bonchev–Trinajstić information content (AvgIpc) is 2.14. The summed E-state index contributed by atoms with van der Waals surface area (Å²) in [7, 11) is 0. The molecule has 15 heavy (non-hydrogen) atoms. The second-order valence-corrected chi connectivity index (χ2v) is 4.53. The van der Waals surface area contributed by atoms with Gasteiger partial charge < -0.3 is 10.4 Å². The van der Waals surface area contributed by atoms with Gasteiger partial charge in [0, 0.05) is 6.54 Å². The molecule has 0 spiro atoms. The highest BCUT2D eigenvalue weighted by Crippen LogP contribution is 2.29. The summed E-state index contributed by atoms with van der Waals surface area (Å²) in [4.78, 5) is 9.83. The van der Waals surface area contributed by atoms with Gasteiger partial charge in [0.15, 0.2) is 5.16 Å². The van der Waals surface area contributed by atoms with Crippen LogP contribution in [0.15, 0.2) is 19.8 Å². The third-order valence-electron chi connectivity index (χ3n) is 1.16. The Labute approximate surface area is 109 Å². The first-order valence-corrected chi connectivity index (χ1v) is 5.44. The lowest BCUT2D eigenvalue weighted by Gasteiger charge is -2.03. The maximum Gasteiger partial charge on any atom is 0.324 e. The van der Waals surface area contributed by atoms with Crippen LogP contribution in [0.25, 0.3) is 0 Å². The summed E-state index contributed by atoms with van der Waals surface area (Å²) >= 11 is 19.4. The van der Waals surface area contributed by atoms with Crippen LogP contribution in [0.5, 0.6) is 0 Å². The van der Waals surface area contributed by atoms with Crippen molar-refractivity contribution in [2.45, 2.75) is 0 Å². The van der Waals surface area contributed by atoms with Gasteiger partial charge in [-0.3, -0.25) is 10.1 Å². The maximum atomic E-state index is 10.6. The lowest BCUT2D eigenvalue weighted by atomic mass is 10.4. The van der Waals surface area contributed by atoms with E-state index in [1.165, 1.54) is 0 Å². The molecular weight excluding hydrogens is 334 g/mol. The van der Waals surface area contributed by atoms with Crippen molar-refractivity contribution in [3.05, 3.63) is 29.9 Å². The van der Waals surface area contributed by atoms with Gasteiger partial charge in [-0.05, 0) is 15.9 Å². The zero-order valence-electron chi connectivity index (χ0n) is 7.14. The van der Waals surface area contributed by atoms with E-state index in [1.54, 1.807) is 0 Å². The summed E-state index contributed by atoms with van der Waals surface area (Å²) < 4.78 is -0.125. The number of halogens is 4. The quantitative estimate of drug-likeness (QED) is 0.348. The predicted molar refractivity (Wildman–Crippen MR) is 62.6 cm³/mol. The van der Waals surface area contributed by atoms with Gasteiger partial charge in [-0.2, -0.15) is 0 Å². The normalized spacial score (nSPS) is 14.2. The molecule has 0 saturated carbocycles. The van der Waals surface area contributed by atoms with Crippen LogP contribution >= 0.6 is 50.7 Å². The van der Waals surface area contributed by atoms with Crippen molar-refractivity contribution in [1.82, 2.24) is 5.32 Å². The molecule has 0 aromatic carbocycles. The van der Waals surface area contributed by atoms with Crippen molar-refractivity contribution in [2.24, 2.45) is 0 Å². The van der Waals surface area contributed by atoms with E-state index in [0.29, 0.717) is 0 Å². The highest BCUT2D eigenvalue weighted by molar-refractivity contribution is 9.12. The molecule has 0 aliphatic heterocycles. The minimum absolute atomic E-state index is 0.0697. The lowest BCUT2D eigenvalue weighted by Crippen LogP contribution is -2.18. The summed E-state index contributed by atoms with van der Waals surface area (Å²) in [6, 6.07) is 0. The van der Waals surface area contributed by atoms with Crippen LogP contribution in [0, 0.1) is 10.1 Å². The van der Waals surface area contributed by atoms with Crippen LogP contribution in [0.3, 0.4) is 0 Å². The number of nitro groups is 1. The van der Waals surface area contributed by atoms with Gasteiger partial charge in [-0.1, -0.05) is 34.8 Å². The Morgan fingerprint density at radius 2 is 2.00 bits per heavy atom. The number of nitrogens with zero attached hydrogens (tertiary/aromatic N) is 1. The van der Waals surface area contributed by atoms with Gasteiger partial charge in [-0.25, -0.2) is 0 Å². The van der Waals surface area contributed by atoms with Gasteiger partial charge >= 0.3 is 5.70 Å². The maximum absolute atomic E-state index is 10.6. The number of aliphatic hydroxyl groups is 1. The standard InChI is InChI=1S/C6H6BrCl3N2O3/c7-5(9)3(8)4(12(14)15)6(10)11-1-2-13/h11,13H,1-2H2/b5-3-,6-4+. The van der Waals surface area contributed by atoms with E-state index in [1.807, 2.05) is 0 Å². The number of hydrogen-bond acceptors (Lipinski definition) is 4. The van der Waals surface area contributed by atoms with Gasteiger partial charge in [0.05, 0.1) is 11.5 Å². The van der Waals surface area contributed by atoms with E-state index in [2.05, 4.69) is 21.2 Å². The van der Waals surface area contributed by atoms with Crippen molar-refractivity contribution >= 4 is 50.7 Å². The smallest absolute Gasteiger partial charge is 0.324 e. The molecule has 0 aromatic heterocycles. The number of allylic oxidation sites excluding steroid dienone is 1.